The van der Waals surface area contributed by atoms with E-state index in [1.165, 1.54) is 20.3 Å². The third kappa shape index (κ3) is 3.06. The first-order valence-electron chi connectivity index (χ1n) is 4.60. The maximum Gasteiger partial charge on any atom is 0.243 e. The zero-order valence-electron chi connectivity index (χ0n) is 9.35. The molecule has 1 aromatic heterocycles. The van der Waals surface area contributed by atoms with Gasteiger partial charge in [0, 0.05) is 0 Å². The van der Waals surface area contributed by atoms with E-state index < -0.39 is 6.04 Å². The van der Waals surface area contributed by atoms with Crippen LogP contribution in [0, 0.1) is 0 Å². The molecule has 1 aromatic rings. The highest BCUT2D eigenvalue weighted by atomic mass is 16.5. The van der Waals surface area contributed by atoms with Crippen molar-refractivity contribution < 1.29 is 14.3 Å². The topological polar surface area (TPSA) is 99.4 Å². The number of carbonyl (C=O) groups is 1. The molecular weight excluding hydrogens is 212 g/mol. The summed E-state index contributed by atoms with van der Waals surface area (Å²) in [4.78, 5) is 19.2. The monoisotopic (exact) mass is 226 g/mol. The number of anilines is 1. The third-order valence-electron chi connectivity index (χ3n) is 1.75. The van der Waals surface area contributed by atoms with Crippen molar-refractivity contribution in [2.75, 3.05) is 19.5 Å². The van der Waals surface area contributed by atoms with Crippen LogP contribution in [0.15, 0.2) is 6.07 Å². The standard InChI is InChI=1S/C9H14N4O3/c1-5(10)8(14)13-9-11-6(15-2)4-7(12-9)16-3/h4-5H,10H2,1-3H3,(H,11,12,13,14)/t5-/m1/s1. The molecule has 0 bridgehead atoms. The van der Waals surface area contributed by atoms with E-state index >= 15 is 0 Å². The van der Waals surface area contributed by atoms with Gasteiger partial charge in [-0.3, -0.25) is 10.1 Å². The molecule has 1 rings (SSSR count). The molecule has 7 nitrogen and oxygen atoms in total. The average molecular weight is 226 g/mol. The van der Waals surface area contributed by atoms with Gasteiger partial charge in [0.2, 0.25) is 23.6 Å². The molecule has 88 valence electrons. The molecule has 0 unspecified atom stereocenters. The Morgan fingerprint density at radius 2 is 1.88 bits per heavy atom. The maximum absolute atomic E-state index is 11.3. The van der Waals surface area contributed by atoms with Crippen molar-refractivity contribution in [2.45, 2.75) is 13.0 Å². The fourth-order valence-corrected chi connectivity index (χ4v) is 0.893. The Bertz CT molecular complexity index is 359. The Balaban J connectivity index is 2.91. The molecule has 0 aromatic carbocycles. The average Bonchev–Trinajstić information content (AvgIpc) is 2.28. The molecule has 0 spiro atoms. The Hall–Kier alpha value is -1.89. The quantitative estimate of drug-likeness (QED) is 0.736. The van der Waals surface area contributed by atoms with E-state index in [-0.39, 0.29) is 11.9 Å². The lowest BCUT2D eigenvalue weighted by Gasteiger charge is -2.08. The minimum absolute atomic E-state index is 0.0958. The molecule has 3 N–H and O–H groups in total. The zero-order chi connectivity index (χ0) is 12.1. The summed E-state index contributed by atoms with van der Waals surface area (Å²) in [6.07, 6.45) is 0. The number of nitrogens with zero attached hydrogens (tertiary/aromatic N) is 2. The molecule has 0 fully saturated rings. The Labute approximate surface area is 93.0 Å². The number of nitrogens with two attached hydrogens (primary N) is 1. The predicted molar refractivity (Wildman–Crippen MR) is 57.4 cm³/mol. The van der Waals surface area contributed by atoms with E-state index in [1.807, 2.05) is 0 Å². The highest BCUT2D eigenvalue weighted by Crippen LogP contribution is 2.17. The molecule has 0 aliphatic rings. The molecule has 0 saturated heterocycles. The molecule has 7 heteroatoms. The van der Waals surface area contributed by atoms with Gasteiger partial charge < -0.3 is 15.2 Å². The first-order chi connectivity index (χ1) is 7.56. The van der Waals surface area contributed by atoms with Gasteiger partial charge in [-0.15, -0.1) is 0 Å². The van der Waals surface area contributed by atoms with Crippen molar-refractivity contribution in [3.05, 3.63) is 6.07 Å². The fourth-order valence-electron chi connectivity index (χ4n) is 0.893. The second-order valence-corrected chi connectivity index (χ2v) is 3.05. The van der Waals surface area contributed by atoms with Crippen LogP contribution in [-0.4, -0.2) is 36.1 Å². The highest BCUT2D eigenvalue weighted by Gasteiger charge is 2.11. The first-order valence-corrected chi connectivity index (χ1v) is 4.60. The molecule has 0 saturated carbocycles. The van der Waals surface area contributed by atoms with Crippen LogP contribution in [0.25, 0.3) is 0 Å². The van der Waals surface area contributed by atoms with Gasteiger partial charge in [-0.2, -0.15) is 9.97 Å². The summed E-state index contributed by atoms with van der Waals surface area (Å²) in [5.74, 6) is 0.312. The molecule has 0 aliphatic carbocycles. The molecule has 0 radical (unpaired) electrons. The predicted octanol–water partition coefficient (Wildman–Crippen LogP) is -0.220. The summed E-state index contributed by atoms with van der Waals surface area (Å²) in [6, 6.07) is 0.863. The van der Waals surface area contributed by atoms with E-state index in [1.54, 1.807) is 6.92 Å². The van der Waals surface area contributed by atoms with Crippen molar-refractivity contribution in [1.82, 2.24) is 9.97 Å². The van der Waals surface area contributed by atoms with Gasteiger partial charge in [0.05, 0.1) is 26.3 Å². The number of aromatic nitrogens is 2. The van der Waals surface area contributed by atoms with Crippen LogP contribution >= 0.6 is 0 Å². The van der Waals surface area contributed by atoms with Crippen molar-refractivity contribution in [3.8, 4) is 11.8 Å². The Morgan fingerprint density at radius 3 is 2.25 bits per heavy atom. The second kappa shape index (κ2) is 5.26. The summed E-state index contributed by atoms with van der Waals surface area (Å²) >= 11 is 0. The second-order valence-electron chi connectivity index (χ2n) is 3.05. The molecule has 16 heavy (non-hydrogen) atoms. The fraction of sp³-hybridized carbons (Fsp3) is 0.444. The van der Waals surface area contributed by atoms with E-state index in [2.05, 4.69) is 15.3 Å². The number of hydrogen-bond acceptors (Lipinski definition) is 6. The Kier molecular flexibility index (Phi) is 4.01. The van der Waals surface area contributed by atoms with E-state index in [9.17, 15) is 4.79 Å². The van der Waals surface area contributed by atoms with E-state index in [0.717, 1.165) is 0 Å². The lowest BCUT2D eigenvalue weighted by Crippen LogP contribution is -2.33. The summed E-state index contributed by atoms with van der Waals surface area (Å²) in [7, 11) is 2.91. The van der Waals surface area contributed by atoms with Crippen LogP contribution in [0.4, 0.5) is 5.95 Å². The van der Waals surface area contributed by atoms with Gasteiger partial charge in [-0.05, 0) is 6.92 Å². The highest BCUT2D eigenvalue weighted by molar-refractivity contribution is 5.92. The molecule has 1 amide bonds. The van der Waals surface area contributed by atoms with Crippen molar-refractivity contribution in [3.63, 3.8) is 0 Å². The van der Waals surface area contributed by atoms with Crippen LogP contribution in [0.5, 0.6) is 11.8 Å². The summed E-state index contributed by atoms with van der Waals surface area (Å²) in [6.45, 7) is 1.56. The lowest BCUT2D eigenvalue weighted by atomic mass is 10.3. The number of hydrogen-bond donors (Lipinski definition) is 2. The smallest absolute Gasteiger partial charge is 0.243 e. The van der Waals surface area contributed by atoms with Gasteiger partial charge >= 0.3 is 0 Å². The van der Waals surface area contributed by atoms with Gasteiger partial charge in [-0.1, -0.05) is 0 Å². The van der Waals surface area contributed by atoms with Crippen molar-refractivity contribution >= 4 is 11.9 Å². The van der Waals surface area contributed by atoms with Crippen molar-refractivity contribution in [1.29, 1.82) is 0 Å². The minimum Gasteiger partial charge on any atom is -0.481 e. The SMILES string of the molecule is COc1cc(OC)nc(NC(=O)[C@@H](C)N)n1. The number of ether oxygens (including phenoxy) is 2. The van der Waals surface area contributed by atoms with Crippen molar-refractivity contribution in [2.24, 2.45) is 5.73 Å². The number of amides is 1. The number of methoxy groups -OCH3 is 2. The normalized spacial score (nSPS) is 11.8. The molecule has 1 heterocycles. The van der Waals surface area contributed by atoms with Crippen LogP contribution in [0.3, 0.4) is 0 Å². The van der Waals surface area contributed by atoms with Gasteiger partial charge in [-0.25, -0.2) is 0 Å². The first kappa shape index (κ1) is 12.2. The lowest BCUT2D eigenvalue weighted by molar-refractivity contribution is -0.117. The largest absolute Gasteiger partial charge is 0.481 e. The van der Waals surface area contributed by atoms with Gasteiger partial charge in [0.15, 0.2) is 0 Å². The summed E-state index contributed by atoms with van der Waals surface area (Å²) in [5, 5.41) is 2.44. The number of rotatable bonds is 4. The summed E-state index contributed by atoms with van der Waals surface area (Å²) in [5.41, 5.74) is 5.39. The number of carbonyl (C=O) groups excluding carboxylic acids is 1. The molecular formula is C9H14N4O3. The van der Waals surface area contributed by atoms with E-state index in [0.29, 0.717) is 11.8 Å². The Morgan fingerprint density at radius 1 is 1.38 bits per heavy atom. The zero-order valence-corrected chi connectivity index (χ0v) is 9.35. The van der Waals surface area contributed by atoms with Crippen LogP contribution < -0.4 is 20.5 Å². The number of nitrogens with one attached hydrogen (secondary N) is 1. The van der Waals surface area contributed by atoms with Crippen LogP contribution in [-0.2, 0) is 4.79 Å². The van der Waals surface area contributed by atoms with Gasteiger partial charge in [0.25, 0.3) is 0 Å². The van der Waals surface area contributed by atoms with Gasteiger partial charge in [0.1, 0.15) is 0 Å². The summed E-state index contributed by atoms with van der Waals surface area (Å²) < 4.78 is 9.85. The maximum atomic E-state index is 11.3. The van der Waals surface area contributed by atoms with E-state index in [4.69, 9.17) is 15.2 Å². The van der Waals surface area contributed by atoms with Crippen LogP contribution in [0.2, 0.25) is 0 Å². The molecule has 0 aliphatic heterocycles. The van der Waals surface area contributed by atoms with Crippen LogP contribution in [0.1, 0.15) is 6.92 Å². The minimum atomic E-state index is -0.638. The molecule has 1 atom stereocenters. The third-order valence-corrected chi connectivity index (χ3v) is 1.75.